The summed E-state index contributed by atoms with van der Waals surface area (Å²) in [6, 6.07) is 11.2. The molecule has 1 heterocycles. The fourth-order valence-corrected chi connectivity index (χ4v) is 3.62. The molecule has 5 heteroatoms. The maximum atomic E-state index is 10.2. The quantitative estimate of drug-likeness (QED) is 0.691. The molecule has 0 spiro atoms. The van der Waals surface area contributed by atoms with Crippen LogP contribution in [-0.4, -0.2) is 49.0 Å². The predicted molar refractivity (Wildman–Crippen MR) is 117 cm³/mol. The normalized spacial score (nSPS) is 14.8. The van der Waals surface area contributed by atoms with Gasteiger partial charge in [-0.05, 0) is 62.8 Å². The average molecular weight is 398 g/mol. The number of ether oxygens (including phenoxy) is 3. The van der Waals surface area contributed by atoms with E-state index in [2.05, 4.69) is 18.7 Å². The number of benzene rings is 2. The summed E-state index contributed by atoms with van der Waals surface area (Å²) in [5.74, 6) is 2.30. The maximum absolute atomic E-state index is 10.2. The molecule has 5 nitrogen and oxygen atoms in total. The molecule has 0 aliphatic carbocycles. The summed E-state index contributed by atoms with van der Waals surface area (Å²) in [5.41, 5.74) is 2.09. The third-order valence-corrected chi connectivity index (χ3v) is 5.38. The van der Waals surface area contributed by atoms with Crippen molar-refractivity contribution < 1.29 is 19.3 Å². The van der Waals surface area contributed by atoms with E-state index in [9.17, 15) is 5.11 Å². The van der Waals surface area contributed by atoms with Crippen LogP contribution in [0.5, 0.6) is 23.0 Å². The first-order valence-electron chi connectivity index (χ1n) is 10.2. The van der Waals surface area contributed by atoms with E-state index >= 15 is 0 Å². The van der Waals surface area contributed by atoms with E-state index in [1.54, 1.807) is 19.2 Å². The van der Waals surface area contributed by atoms with Crippen molar-refractivity contribution in [2.24, 2.45) is 0 Å². The standard InChI is InChI=1S/C24H31NO4/c1-6-25(7-2)13-14-28-22-12-11-17(15-23(22)27-5)19-16-18-20(26)9-8-10-21(18)29-24(19,3)4/h8-12,15-16,26H,6-7,13-14H2,1-5H3. The number of nitrogens with zero attached hydrogens (tertiary/aromatic N) is 1. The molecule has 156 valence electrons. The molecule has 2 aromatic rings. The number of fused-ring (bicyclic) bond motifs is 1. The molecule has 1 aliphatic rings. The van der Waals surface area contributed by atoms with Crippen LogP contribution in [0.25, 0.3) is 11.6 Å². The van der Waals surface area contributed by atoms with Crippen molar-refractivity contribution in [1.29, 1.82) is 0 Å². The van der Waals surface area contributed by atoms with Gasteiger partial charge in [-0.15, -0.1) is 0 Å². The van der Waals surface area contributed by atoms with Crippen molar-refractivity contribution >= 4 is 11.6 Å². The minimum Gasteiger partial charge on any atom is -0.507 e. The molecule has 0 fully saturated rings. The van der Waals surface area contributed by atoms with E-state index in [-0.39, 0.29) is 5.75 Å². The van der Waals surface area contributed by atoms with E-state index < -0.39 is 5.60 Å². The molecule has 0 unspecified atom stereocenters. The van der Waals surface area contributed by atoms with Gasteiger partial charge in [0, 0.05) is 12.1 Å². The molecule has 0 saturated heterocycles. The molecule has 2 aromatic carbocycles. The number of likely N-dealkylation sites (N-methyl/N-ethyl adjacent to an activating group) is 1. The number of hydrogen-bond donors (Lipinski definition) is 1. The zero-order chi connectivity index (χ0) is 21.0. The van der Waals surface area contributed by atoms with Gasteiger partial charge in [-0.2, -0.15) is 0 Å². The Balaban J connectivity index is 1.88. The molecule has 3 rings (SSSR count). The van der Waals surface area contributed by atoms with Crippen molar-refractivity contribution in [2.45, 2.75) is 33.3 Å². The van der Waals surface area contributed by atoms with Crippen LogP contribution in [0.3, 0.4) is 0 Å². The lowest BCUT2D eigenvalue weighted by Crippen LogP contribution is -2.32. The van der Waals surface area contributed by atoms with Gasteiger partial charge < -0.3 is 24.2 Å². The zero-order valence-corrected chi connectivity index (χ0v) is 18.0. The van der Waals surface area contributed by atoms with Gasteiger partial charge in [0.05, 0.1) is 12.7 Å². The van der Waals surface area contributed by atoms with Crippen molar-refractivity contribution in [3.63, 3.8) is 0 Å². The molecular weight excluding hydrogens is 366 g/mol. The lowest BCUT2D eigenvalue weighted by Gasteiger charge is -2.34. The van der Waals surface area contributed by atoms with E-state index in [4.69, 9.17) is 14.2 Å². The largest absolute Gasteiger partial charge is 0.507 e. The van der Waals surface area contributed by atoms with E-state index in [0.717, 1.165) is 36.5 Å². The number of rotatable bonds is 8. The lowest BCUT2D eigenvalue weighted by atomic mass is 9.86. The molecule has 0 saturated carbocycles. The van der Waals surface area contributed by atoms with Gasteiger partial charge in [0.25, 0.3) is 0 Å². The first-order valence-corrected chi connectivity index (χ1v) is 10.2. The topological polar surface area (TPSA) is 51.2 Å². The Morgan fingerprint density at radius 3 is 2.52 bits per heavy atom. The fourth-order valence-electron chi connectivity index (χ4n) is 3.62. The third-order valence-electron chi connectivity index (χ3n) is 5.38. The van der Waals surface area contributed by atoms with Crippen LogP contribution in [0, 0.1) is 0 Å². The minimum atomic E-state index is -0.545. The maximum Gasteiger partial charge on any atom is 0.161 e. The highest BCUT2D eigenvalue weighted by Gasteiger charge is 2.32. The smallest absolute Gasteiger partial charge is 0.161 e. The van der Waals surface area contributed by atoms with Crippen LogP contribution in [-0.2, 0) is 0 Å². The highest BCUT2D eigenvalue weighted by molar-refractivity contribution is 5.91. The molecule has 0 atom stereocenters. The Morgan fingerprint density at radius 2 is 1.83 bits per heavy atom. The second-order valence-electron chi connectivity index (χ2n) is 7.60. The number of aromatic hydroxyl groups is 1. The van der Waals surface area contributed by atoms with Gasteiger partial charge in [0.1, 0.15) is 23.7 Å². The van der Waals surface area contributed by atoms with E-state index in [1.807, 2.05) is 44.2 Å². The Bertz CT molecular complexity index is 884. The van der Waals surface area contributed by atoms with Gasteiger partial charge in [-0.25, -0.2) is 0 Å². The van der Waals surface area contributed by atoms with Crippen LogP contribution in [0.1, 0.15) is 38.8 Å². The summed E-state index contributed by atoms with van der Waals surface area (Å²) >= 11 is 0. The van der Waals surface area contributed by atoms with Crippen molar-refractivity contribution in [2.75, 3.05) is 33.4 Å². The molecule has 29 heavy (non-hydrogen) atoms. The second-order valence-corrected chi connectivity index (χ2v) is 7.60. The predicted octanol–water partition coefficient (Wildman–Crippen LogP) is 4.83. The van der Waals surface area contributed by atoms with Crippen molar-refractivity contribution in [3.8, 4) is 23.0 Å². The minimum absolute atomic E-state index is 0.207. The van der Waals surface area contributed by atoms with Crippen LogP contribution < -0.4 is 14.2 Å². The lowest BCUT2D eigenvalue weighted by molar-refractivity contribution is 0.169. The Labute approximate surface area is 173 Å². The molecule has 0 amide bonds. The number of hydrogen-bond acceptors (Lipinski definition) is 5. The summed E-state index contributed by atoms with van der Waals surface area (Å²) in [7, 11) is 1.65. The van der Waals surface area contributed by atoms with Gasteiger partial charge >= 0.3 is 0 Å². The average Bonchev–Trinajstić information content (AvgIpc) is 2.70. The molecule has 1 N–H and O–H groups in total. The molecule has 0 aromatic heterocycles. The molecule has 0 bridgehead atoms. The van der Waals surface area contributed by atoms with E-state index in [1.165, 1.54) is 0 Å². The Hall–Kier alpha value is -2.66. The summed E-state index contributed by atoms with van der Waals surface area (Å²) < 4.78 is 17.7. The van der Waals surface area contributed by atoms with Crippen LogP contribution in [0.2, 0.25) is 0 Å². The SMILES string of the molecule is CCN(CC)CCOc1ccc(C2=Cc3c(O)cccc3OC2(C)C)cc1OC. The summed E-state index contributed by atoms with van der Waals surface area (Å²) in [6.07, 6.45) is 1.99. The monoisotopic (exact) mass is 397 g/mol. The van der Waals surface area contributed by atoms with Crippen LogP contribution in [0.15, 0.2) is 36.4 Å². The van der Waals surface area contributed by atoms with Crippen LogP contribution >= 0.6 is 0 Å². The van der Waals surface area contributed by atoms with Crippen LogP contribution in [0.4, 0.5) is 0 Å². The molecule has 0 radical (unpaired) electrons. The zero-order valence-electron chi connectivity index (χ0n) is 18.0. The molecular formula is C24H31NO4. The van der Waals surface area contributed by atoms with E-state index in [0.29, 0.717) is 23.7 Å². The van der Waals surface area contributed by atoms with Crippen molar-refractivity contribution in [1.82, 2.24) is 4.90 Å². The first kappa shape index (κ1) is 21.1. The highest BCUT2D eigenvalue weighted by atomic mass is 16.5. The highest BCUT2D eigenvalue weighted by Crippen LogP contribution is 2.44. The van der Waals surface area contributed by atoms with Gasteiger partial charge in [-0.3, -0.25) is 0 Å². The number of methoxy groups -OCH3 is 1. The fraction of sp³-hybridized carbons (Fsp3) is 0.417. The number of phenolic OH excluding ortho intramolecular Hbond substituents is 1. The summed E-state index contributed by atoms with van der Waals surface area (Å²) in [4.78, 5) is 2.32. The van der Waals surface area contributed by atoms with Crippen molar-refractivity contribution in [3.05, 3.63) is 47.5 Å². The molecule has 1 aliphatic heterocycles. The number of phenols is 1. The summed E-state index contributed by atoms with van der Waals surface area (Å²) in [6.45, 7) is 11.8. The van der Waals surface area contributed by atoms with Gasteiger partial charge in [-0.1, -0.05) is 26.0 Å². The van der Waals surface area contributed by atoms with Gasteiger partial charge in [0.15, 0.2) is 11.5 Å². The Morgan fingerprint density at radius 1 is 1.07 bits per heavy atom. The third kappa shape index (κ3) is 4.51. The second kappa shape index (κ2) is 8.78. The summed E-state index contributed by atoms with van der Waals surface area (Å²) in [5, 5.41) is 10.2. The van der Waals surface area contributed by atoms with Gasteiger partial charge in [0.2, 0.25) is 0 Å². The Kier molecular flexibility index (Phi) is 6.38. The first-order chi connectivity index (χ1) is 13.9.